The third-order valence-corrected chi connectivity index (χ3v) is 4.41. The molecule has 0 aliphatic carbocycles. The van der Waals surface area contributed by atoms with Crippen molar-refractivity contribution in [1.29, 1.82) is 0 Å². The van der Waals surface area contributed by atoms with Crippen LogP contribution in [0.4, 0.5) is 0 Å². The van der Waals surface area contributed by atoms with Crippen molar-refractivity contribution in [3.8, 4) is 0 Å². The van der Waals surface area contributed by atoms with Crippen LogP contribution in [0.15, 0.2) is 12.1 Å². The fourth-order valence-electron chi connectivity index (χ4n) is 2.49. The Labute approximate surface area is 108 Å². The minimum absolute atomic E-state index is 0.129. The van der Waals surface area contributed by atoms with Crippen LogP contribution in [0, 0.1) is 6.92 Å². The first-order valence-corrected chi connectivity index (χ1v) is 7.09. The minimum atomic E-state index is 0.129. The van der Waals surface area contributed by atoms with E-state index < -0.39 is 0 Å². The molecule has 1 aliphatic heterocycles. The summed E-state index contributed by atoms with van der Waals surface area (Å²) in [6, 6.07) is 5.26. The van der Waals surface area contributed by atoms with Gasteiger partial charge in [0.15, 0.2) is 0 Å². The highest BCUT2D eigenvalue weighted by molar-refractivity contribution is 7.12. The van der Waals surface area contributed by atoms with Gasteiger partial charge in [0.2, 0.25) is 0 Å². The monoisotopic (exact) mass is 254 g/mol. The van der Waals surface area contributed by atoms with Crippen molar-refractivity contribution in [2.45, 2.75) is 39.0 Å². The van der Waals surface area contributed by atoms with Crippen molar-refractivity contribution in [2.75, 3.05) is 19.7 Å². The Balaban J connectivity index is 2.28. The summed E-state index contributed by atoms with van der Waals surface area (Å²) in [5.74, 6) is 0. The van der Waals surface area contributed by atoms with Gasteiger partial charge in [0.1, 0.15) is 0 Å². The van der Waals surface area contributed by atoms with Gasteiger partial charge in [-0.3, -0.25) is 4.90 Å². The van der Waals surface area contributed by atoms with Crippen molar-refractivity contribution < 1.29 is 4.74 Å². The number of rotatable bonds is 3. The number of ether oxygens (including phenoxy) is 1. The number of hydrogen-bond acceptors (Lipinski definition) is 4. The first-order chi connectivity index (χ1) is 8.13. The van der Waals surface area contributed by atoms with Crippen molar-refractivity contribution in [1.82, 2.24) is 4.90 Å². The maximum absolute atomic E-state index is 5.85. The molecule has 96 valence electrons. The zero-order valence-corrected chi connectivity index (χ0v) is 11.7. The molecule has 2 atom stereocenters. The van der Waals surface area contributed by atoms with Gasteiger partial charge >= 0.3 is 0 Å². The Morgan fingerprint density at radius 1 is 1.53 bits per heavy atom. The Morgan fingerprint density at radius 2 is 2.29 bits per heavy atom. The molecule has 0 radical (unpaired) electrons. The summed E-state index contributed by atoms with van der Waals surface area (Å²) in [6.07, 6.45) is 0.129. The lowest BCUT2D eigenvalue weighted by Crippen LogP contribution is -2.50. The van der Waals surface area contributed by atoms with Crippen LogP contribution in [0.5, 0.6) is 0 Å². The van der Waals surface area contributed by atoms with Crippen LogP contribution < -0.4 is 5.73 Å². The second-order valence-corrected chi connectivity index (χ2v) is 6.19. The molecule has 1 aromatic rings. The molecule has 2 N–H and O–H groups in total. The van der Waals surface area contributed by atoms with E-state index in [2.05, 4.69) is 37.8 Å². The van der Waals surface area contributed by atoms with Crippen LogP contribution in [-0.4, -0.2) is 36.7 Å². The van der Waals surface area contributed by atoms with Crippen molar-refractivity contribution in [2.24, 2.45) is 5.73 Å². The highest BCUT2D eigenvalue weighted by Gasteiger charge is 2.34. The molecule has 1 fully saturated rings. The number of thiophene rings is 1. The number of nitrogens with two attached hydrogens (primary N) is 1. The second kappa shape index (κ2) is 5.48. The summed E-state index contributed by atoms with van der Waals surface area (Å²) in [7, 11) is 0. The zero-order chi connectivity index (χ0) is 12.4. The molecular weight excluding hydrogens is 232 g/mol. The first-order valence-electron chi connectivity index (χ1n) is 6.27. The first kappa shape index (κ1) is 13.0. The van der Waals surface area contributed by atoms with Crippen molar-refractivity contribution in [3.63, 3.8) is 0 Å². The molecule has 0 amide bonds. The lowest BCUT2D eigenvalue weighted by Gasteiger charge is -2.42. The SMILES string of the molecule is Cc1ccc(C2C(CN)OCCN2C(C)C)s1. The average molecular weight is 254 g/mol. The molecule has 2 unspecified atom stereocenters. The molecule has 0 spiro atoms. The lowest BCUT2D eigenvalue weighted by molar-refractivity contribution is -0.0777. The maximum Gasteiger partial charge on any atom is 0.0902 e. The van der Waals surface area contributed by atoms with Crippen LogP contribution >= 0.6 is 11.3 Å². The fraction of sp³-hybridized carbons (Fsp3) is 0.692. The van der Waals surface area contributed by atoms with E-state index in [1.807, 2.05) is 11.3 Å². The van der Waals surface area contributed by atoms with Gasteiger partial charge in [-0.25, -0.2) is 0 Å². The van der Waals surface area contributed by atoms with Crippen molar-refractivity contribution >= 4 is 11.3 Å². The summed E-state index contributed by atoms with van der Waals surface area (Å²) in [5.41, 5.74) is 5.85. The summed E-state index contributed by atoms with van der Waals surface area (Å²) in [4.78, 5) is 5.24. The van der Waals surface area contributed by atoms with Crippen molar-refractivity contribution in [3.05, 3.63) is 21.9 Å². The molecule has 1 aliphatic rings. The highest BCUT2D eigenvalue weighted by Crippen LogP contribution is 2.34. The lowest BCUT2D eigenvalue weighted by atomic mass is 10.0. The van der Waals surface area contributed by atoms with E-state index in [1.54, 1.807) is 0 Å². The topological polar surface area (TPSA) is 38.5 Å². The molecule has 0 bridgehead atoms. The van der Waals surface area contributed by atoms with E-state index in [0.29, 0.717) is 18.6 Å². The molecule has 0 saturated carbocycles. The van der Waals surface area contributed by atoms with E-state index in [4.69, 9.17) is 10.5 Å². The maximum atomic E-state index is 5.85. The number of aryl methyl sites for hydroxylation is 1. The summed E-state index contributed by atoms with van der Waals surface area (Å²) < 4.78 is 5.82. The van der Waals surface area contributed by atoms with E-state index in [9.17, 15) is 0 Å². The molecule has 2 heterocycles. The Hall–Kier alpha value is -0.420. The van der Waals surface area contributed by atoms with Gasteiger partial charge in [-0.1, -0.05) is 0 Å². The van der Waals surface area contributed by atoms with Gasteiger partial charge in [0, 0.05) is 28.9 Å². The summed E-state index contributed by atoms with van der Waals surface area (Å²) >= 11 is 1.86. The Morgan fingerprint density at radius 3 is 2.82 bits per heavy atom. The van der Waals surface area contributed by atoms with Gasteiger partial charge in [-0.05, 0) is 32.9 Å². The third-order valence-electron chi connectivity index (χ3n) is 3.34. The largest absolute Gasteiger partial charge is 0.374 e. The van der Waals surface area contributed by atoms with Crippen LogP contribution in [0.1, 0.15) is 29.6 Å². The molecule has 2 rings (SSSR count). The second-order valence-electron chi connectivity index (χ2n) is 4.87. The van der Waals surface area contributed by atoms with Gasteiger partial charge < -0.3 is 10.5 Å². The number of nitrogens with zero attached hydrogens (tertiary/aromatic N) is 1. The molecule has 4 heteroatoms. The van der Waals surface area contributed by atoms with Crippen LogP contribution in [-0.2, 0) is 4.74 Å². The molecular formula is C13H22N2OS. The van der Waals surface area contributed by atoms with Gasteiger partial charge in [-0.2, -0.15) is 0 Å². The zero-order valence-electron chi connectivity index (χ0n) is 10.8. The fourth-order valence-corrected chi connectivity index (χ4v) is 3.54. The van der Waals surface area contributed by atoms with Gasteiger partial charge in [0.05, 0.1) is 18.8 Å². The van der Waals surface area contributed by atoms with Gasteiger partial charge in [-0.15, -0.1) is 11.3 Å². The summed E-state index contributed by atoms with van der Waals surface area (Å²) in [5, 5.41) is 0. The van der Waals surface area contributed by atoms with E-state index in [1.165, 1.54) is 9.75 Å². The molecule has 1 aromatic heterocycles. The molecule has 17 heavy (non-hydrogen) atoms. The van der Waals surface area contributed by atoms with Crippen LogP contribution in [0.3, 0.4) is 0 Å². The molecule has 3 nitrogen and oxygen atoms in total. The minimum Gasteiger partial charge on any atom is -0.374 e. The standard InChI is InChI=1S/C13H22N2OS/c1-9(2)15-6-7-16-11(8-14)13(15)12-5-4-10(3)17-12/h4-5,9,11,13H,6-8,14H2,1-3H3. The number of morpholine rings is 1. The average Bonchev–Trinajstić information content (AvgIpc) is 2.74. The Bertz CT molecular complexity index is 364. The quantitative estimate of drug-likeness (QED) is 0.898. The van der Waals surface area contributed by atoms with E-state index in [-0.39, 0.29) is 6.10 Å². The van der Waals surface area contributed by atoms with E-state index in [0.717, 1.165) is 13.2 Å². The predicted molar refractivity (Wildman–Crippen MR) is 72.4 cm³/mol. The molecule has 0 aromatic carbocycles. The smallest absolute Gasteiger partial charge is 0.0902 e. The number of hydrogen-bond donors (Lipinski definition) is 1. The third kappa shape index (κ3) is 2.71. The predicted octanol–water partition coefficient (Wildman–Crippen LogP) is 2.17. The van der Waals surface area contributed by atoms with E-state index >= 15 is 0 Å². The molecule has 1 saturated heterocycles. The Kier molecular flexibility index (Phi) is 4.20. The highest BCUT2D eigenvalue weighted by atomic mass is 32.1. The normalized spacial score (nSPS) is 26.6. The summed E-state index contributed by atoms with van der Waals surface area (Å²) in [6.45, 7) is 9.01. The van der Waals surface area contributed by atoms with Gasteiger partial charge in [0.25, 0.3) is 0 Å². The van der Waals surface area contributed by atoms with Crippen LogP contribution in [0.2, 0.25) is 0 Å². The van der Waals surface area contributed by atoms with Crippen LogP contribution in [0.25, 0.3) is 0 Å².